The number of allylic oxidation sites excluding steroid dienone is 1. The first-order valence-electron chi connectivity index (χ1n) is 6.49. The van der Waals surface area contributed by atoms with Crippen LogP contribution in [0.15, 0.2) is 65.7 Å². The smallest absolute Gasteiger partial charge is 0.188 e. The van der Waals surface area contributed by atoms with Crippen molar-refractivity contribution in [2.75, 3.05) is 18.7 Å². The van der Waals surface area contributed by atoms with Gasteiger partial charge in [-0.3, -0.25) is 4.79 Å². The normalized spacial score (nSPS) is 11.0. The average molecular weight is 299 g/mol. The molecule has 0 saturated heterocycles. The van der Waals surface area contributed by atoms with Gasteiger partial charge in [-0.05, 0) is 18.4 Å². The van der Waals surface area contributed by atoms with Gasteiger partial charge in [-0.2, -0.15) is 0 Å². The number of nitrogens with one attached hydrogen (secondary N) is 1. The van der Waals surface area contributed by atoms with Crippen LogP contribution in [-0.2, 0) is 0 Å². The number of carbonyl (C=O) groups excluding carboxylic acids is 1. The molecule has 0 spiro atoms. The molecule has 0 radical (unpaired) electrons. The predicted molar refractivity (Wildman–Crippen MR) is 89.0 cm³/mol. The second-order valence-corrected chi connectivity index (χ2v) is 5.15. The lowest BCUT2D eigenvalue weighted by molar-refractivity contribution is 0.104. The molecule has 3 nitrogen and oxygen atoms in total. The number of hydrogen-bond donors (Lipinski definition) is 1. The van der Waals surface area contributed by atoms with E-state index in [2.05, 4.69) is 5.32 Å². The molecule has 108 valence electrons. The lowest BCUT2D eigenvalue weighted by Gasteiger charge is -2.09. The van der Waals surface area contributed by atoms with Crippen molar-refractivity contribution >= 4 is 23.2 Å². The molecule has 0 saturated carbocycles. The van der Waals surface area contributed by atoms with E-state index < -0.39 is 0 Å². The Morgan fingerprint density at radius 3 is 2.57 bits per heavy atom. The minimum atomic E-state index is -0.0182. The van der Waals surface area contributed by atoms with Gasteiger partial charge in [-0.15, -0.1) is 11.8 Å². The molecule has 0 fully saturated rings. The maximum atomic E-state index is 12.2. The first-order chi connectivity index (χ1) is 10.2. The van der Waals surface area contributed by atoms with Gasteiger partial charge in [0.1, 0.15) is 5.75 Å². The monoisotopic (exact) mass is 299 g/mol. The number of ketones is 1. The summed E-state index contributed by atoms with van der Waals surface area (Å²) in [4.78, 5) is 12.2. The highest BCUT2D eigenvalue weighted by molar-refractivity contribution is 8.02. The quantitative estimate of drug-likeness (QED) is 0.641. The van der Waals surface area contributed by atoms with Crippen molar-refractivity contribution in [2.45, 2.75) is 0 Å². The molecular formula is C17H17NO2S. The summed E-state index contributed by atoms with van der Waals surface area (Å²) in [6.07, 6.45) is 3.54. The second-order valence-electron chi connectivity index (χ2n) is 4.30. The van der Waals surface area contributed by atoms with E-state index in [9.17, 15) is 4.79 Å². The van der Waals surface area contributed by atoms with Crippen LogP contribution >= 0.6 is 11.8 Å². The molecule has 2 aromatic carbocycles. The zero-order valence-electron chi connectivity index (χ0n) is 12.0. The van der Waals surface area contributed by atoms with Crippen LogP contribution in [0.4, 0.5) is 5.69 Å². The molecular weight excluding hydrogens is 282 g/mol. The van der Waals surface area contributed by atoms with Crippen LogP contribution in [0.25, 0.3) is 0 Å². The van der Waals surface area contributed by atoms with E-state index in [-0.39, 0.29) is 5.78 Å². The molecule has 0 atom stereocenters. The van der Waals surface area contributed by atoms with Gasteiger partial charge in [0.25, 0.3) is 0 Å². The summed E-state index contributed by atoms with van der Waals surface area (Å²) in [6, 6.07) is 16.8. The van der Waals surface area contributed by atoms with Crippen molar-refractivity contribution in [3.8, 4) is 5.75 Å². The molecule has 0 amide bonds. The first kappa shape index (κ1) is 15.2. The van der Waals surface area contributed by atoms with Crippen LogP contribution in [-0.4, -0.2) is 19.1 Å². The summed E-state index contributed by atoms with van der Waals surface area (Å²) in [5.41, 5.74) is 1.56. The van der Waals surface area contributed by atoms with Gasteiger partial charge < -0.3 is 10.1 Å². The highest BCUT2D eigenvalue weighted by atomic mass is 32.2. The minimum absolute atomic E-state index is 0.0182. The molecule has 4 heteroatoms. The molecule has 1 N–H and O–H groups in total. The summed E-state index contributed by atoms with van der Waals surface area (Å²) >= 11 is 1.49. The largest absolute Gasteiger partial charge is 0.497 e. The van der Waals surface area contributed by atoms with Crippen LogP contribution in [0.3, 0.4) is 0 Å². The van der Waals surface area contributed by atoms with Crippen molar-refractivity contribution in [1.29, 1.82) is 0 Å². The van der Waals surface area contributed by atoms with Gasteiger partial charge in [-0.25, -0.2) is 0 Å². The van der Waals surface area contributed by atoms with Crippen molar-refractivity contribution in [1.82, 2.24) is 0 Å². The van der Waals surface area contributed by atoms with Crippen molar-refractivity contribution in [3.63, 3.8) is 0 Å². The number of rotatable bonds is 6. The fraction of sp³-hybridized carbons (Fsp3) is 0.118. The molecule has 0 aliphatic heterocycles. The number of carbonyl (C=O) groups is 1. The maximum Gasteiger partial charge on any atom is 0.188 e. The number of hydrogen-bond acceptors (Lipinski definition) is 4. The summed E-state index contributed by atoms with van der Waals surface area (Å²) < 4.78 is 5.19. The Balaban J connectivity index is 2.15. The Bertz CT molecular complexity index is 638. The summed E-state index contributed by atoms with van der Waals surface area (Å²) in [7, 11) is 1.63. The van der Waals surface area contributed by atoms with Crippen LogP contribution in [0, 0.1) is 0 Å². The number of anilines is 1. The Hall–Kier alpha value is -2.20. The molecule has 0 aliphatic rings. The summed E-state index contributed by atoms with van der Waals surface area (Å²) in [5, 5.41) is 4.02. The van der Waals surface area contributed by atoms with Gasteiger partial charge in [0.2, 0.25) is 0 Å². The highest BCUT2D eigenvalue weighted by Crippen LogP contribution is 2.22. The average Bonchev–Trinajstić information content (AvgIpc) is 2.55. The molecule has 0 bridgehead atoms. The van der Waals surface area contributed by atoms with Crippen LogP contribution in [0.1, 0.15) is 10.4 Å². The van der Waals surface area contributed by atoms with E-state index in [1.807, 2.05) is 60.9 Å². The van der Waals surface area contributed by atoms with E-state index in [1.54, 1.807) is 13.2 Å². The van der Waals surface area contributed by atoms with Gasteiger partial charge in [0.05, 0.1) is 12.1 Å². The third-order valence-corrected chi connectivity index (χ3v) is 3.54. The SMILES string of the molecule is COc1cccc(NC(=CC(=O)c2ccccc2)SC)c1. The molecule has 0 aliphatic carbocycles. The fourth-order valence-corrected chi connectivity index (χ4v) is 2.24. The lowest BCUT2D eigenvalue weighted by Crippen LogP contribution is -2.01. The topological polar surface area (TPSA) is 38.3 Å². The van der Waals surface area contributed by atoms with Crippen molar-refractivity contribution in [2.24, 2.45) is 0 Å². The molecule has 0 aromatic heterocycles. The number of methoxy groups -OCH3 is 1. The van der Waals surface area contributed by atoms with Gasteiger partial charge in [0.15, 0.2) is 5.78 Å². The standard InChI is InChI=1S/C17H17NO2S/c1-20-15-10-6-9-14(11-15)18-17(21-2)12-16(19)13-7-4-3-5-8-13/h3-12,18H,1-2H3. The number of ether oxygens (including phenoxy) is 1. The van der Waals surface area contributed by atoms with E-state index in [1.165, 1.54) is 11.8 Å². The van der Waals surface area contributed by atoms with Crippen LogP contribution in [0.5, 0.6) is 5.75 Å². The third-order valence-electron chi connectivity index (χ3n) is 2.88. The minimum Gasteiger partial charge on any atom is -0.497 e. The predicted octanol–water partition coefficient (Wildman–Crippen LogP) is 4.19. The fourth-order valence-electron chi connectivity index (χ4n) is 1.79. The molecule has 2 rings (SSSR count). The van der Waals surface area contributed by atoms with E-state index in [0.29, 0.717) is 5.56 Å². The second kappa shape index (κ2) is 7.55. The third kappa shape index (κ3) is 4.39. The van der Waals surface area contributed by atoms with Gasteiger partial charge >= 0.3 is 0 Å². The van der Waals surface area contributed by atoms with E-state index in [4.69, 9.17) is 4.74 Å². The summed E-state index contributed by atoms with van der Waals surface area (Å²) in [5.74, 6) is 0.755. The van der Waals surface area contributed by atoms with E-state index in [0.717, 1.165) is 16.5 Å². The van der Waals surface area contributed by atoms with E-state index >= 15 is 0 Å². The van der Waals surface area contributed by atoms with Crippen molar-refractivity contribution in [3.05, 3.63) is 71.3 Å². The Kier molecular flexibility index (Phi) is 5.46. The Morgan fingerprint density at radius 1 is 1.14 bits per heavy atom. The highest BCUT2D eigenvalue weighted by Gasteiger charge is 2.05. The summed E-state index contributed by atoms with van der Waals surface area (Å²) in [6.45, 7) is 0. The molecule has 2 aromatic rings. The molecule has 0 heterocycles. The lowest BCUT2D eigenvalue weighted by atomic mass is 10.1. The van der Waals surface area contributed by atoms with Gasteiger partial charge in [0, 0.05) is 23.4 Å². The Labute approximate surface area is 129 Å². The first-order valence-corrected chi connectivity index (χ1v) is 7.71. The number of thioether (sulfide) groups is 1. The van der Waals surface area contributed by atoms with Crippen LogP contribution < -0.4 is 10.1 Å². The maximum absolute atomic E-state index is 12.2. The zero-order valence-corrected chi connectivity index (χ0v) is 12.8. The van der Waals surface area contributed by atoms with Gasteiger partial charge in [-0.1, -0.05) is 36.4 Å². The molecule has 0 unspecified atom stereocenters. The number of benzene rings is 2. The molecule has 21 heavy (non-hydrogen) atoms. The Morgan fingerprint density at radius 2 is 1.90 bits per heavy atom. The van der Waals surface area contributed by atoms with Crippen LogP contribution in [0.2, 0.25) is 0 Å². The zero-order chi connectivity index (χ0) is 15.1. The van der Waals surface area contributed by atoms with Crippen molar-refractivity contribution < 1.29 is 9.53 Å².